The summed E-state index contributed by atoms with van der Waals surface area (Å²) in [5.74, 6) is 0.292. The van der Waals surface area contributed by atoms with Crippen molar-refractivity contribution >= 4 is 27.7 Å². The zero-order valence-corrected chi connectivity index (χ0v) is 16.2. The van der Waals surface area contributed by atoms with Gasteiger partial charge in [-0.2, -0.15) is 0 Å². The summed E-state index contributed by atoms with van der Waals surface area (Å²) in [5.41, 5.74) is 5.66. The zero-order chi connectivity index (χ0) is 18.9. The Morgan fingerprint density at radius 1 is 1.08 bits per heavy atom. The molecule has 0 heterocycles. The van der Waals surface area contributed by atoms with E-state index in [0.29, 0.717) is 11.5 Å². The highest BCUT2D eigenvalue weighted by molar-refractivity contribution is 9.10. The van der Waals surface area contributed by atoms with Crippen LogP contribution in [0.3, 0.4) is 0 Å². The number of carbonyl (C=O) groups is 2. The van der Waals surface area contributed by atoms with E-state index in [4.69, 9.17) is 9.47 Å². The minimum absolute atomic E-state index is 0.195. The average molecular weight is 421 g/mol. The predicted octanol–water partition coefficient (Wildman–Crippen LogP) is 3.01. The fourth-order valence-electron chi connectivity index (χ4n) is 2.12. The minimum Gasteiger partial charge on any atom is -0.483 e. The van der Waals surface area contributed by atoms with Crippen molar-refractivity contribution in [1.82, 2.24) is 10.9 Å². The number of hydrazine groups is 1. The number of hydrogen-bond donors (Lipinski definition) is 2. The summed E-state index contributed by atoms with van der Waals surface area (Å²) in [6, 6.07) is 14.6. The molecule has 0 aliphatic carbocycles. The Hall–Kier alpha value is -2.54. The number of aryl methyl sites for hydroxylation is 1. The second kappa shape index (κ2) is 9.82. The summed E-state index contributed by atoms with van der Waals surface area (Å²) < 4.78 is 11.9. The van der Waals surface area contributed by atoms with Gasteiger partial charge < -0.3 is 9.47 Å². The molecule has 26 heavy (non-hydrogen) atoms. The van der Waals surface area contributed by atoms with E-state index in [1.165, 1.54) is 0 Å². The largest absolute Gasteiger partial charge is 0.483 e. The van der Waals surface area contributed by atoms with Crippen molar-refractivity contribution in [3.63, 3.8) is 0 Å². The van der Waals surface area contributed by atoms with Gasteiger partial charge in [-0.15, -0.1) is 0 Å². The van der Waals surface area contributed by atoms with Gasteiger partial charge in [0.15, 0.2) is 12.7 Å². The molecule has 138 valence electrons. The molecule has 0 spiro atoms. The minimum atomic E-state index is -0.766. The fraction of sp³-hybridized carbons (Fsp3) is 0.263. The van der Waals surface area contributed by atoms with Crippen LogP contribution < -0.4 is 20.3 Å². The molecule has 0 aliphatic heterocycles. The lowest BCUT2D eigenvalue weighted by Gasteiger charge is -2.15. The fourth-order valence-corrected chi connectivity index (χ4v) is 2.38. The maximum Gasteiger partial charge on any atom is 0.279 e. The Morgan fingerprint density at radius 2 is 1.77 bits per heavy atom. The summed E-state index contributed by atoms with van der Waals surface area (Å²) in [7, 11) is 0. The highest BCUT2D eigenvalue weighted by Crippen LogP contribution is 2.18. The number of nitrogens with one attached hydrogen (secondary N) is 2. The van der Waals surface area contributed by atoms with Crippen LogP contribution in [0.4, 0.5) is 0 Å². The van der Waals surface area contributed by atoms with Crippen LogP contribution in [0, 0.1) is 0 Å². The molecule has 0 aliphatic rings. The van der Waals surface area contributed by atoms with Crippen molar-refractivity contribution in [2.24, 2.45) is 0 Å². The van der Waals surface area contributed by atoms with Crippen molar-refractivity contribution in [3.05, 3.63) is 58.6 Å². The van der Waals surface area contributed by atoms with Crippen LogP contribution in [-0.2, 0) is 16.0 Å². The number of ether oxygens (including phenoxy) is 2. The molecule has 0 radical (unpaired) electrons. The predicted molar refractivity (Wildman–Crippen MR) is 102 cm³/mol. The van der Waals surface area contributed by atoms with E-state index >= 15 is 0 Å². The van der Waals surface area contributed by atoms with Crippen LogP contribution in [0.1, 0.15) is 19.4 Å². The Kier molecular flexibility index (Phi) is 7.47. The Bertz CT molecular complexity index is 749. The van der Waals surface area contributed by atoms with E-state index < -0.39 is 17.9 Å². The van der Waals surface area contributed by atoms with Crippen LogP contribution in [0.5, 0.6) is 11.5 Å². The number of rotatable bonds is 7. The molecular formula is C19H21BrN2O4. The molecule has 0 aromatic heterocycles. The van der Waals surface area contributed by atoms with Crippen LogP contribution in [0.15, 0.2) is 53.0 Å². The van der Waals surface area contributed by atoms with Gasteiger partial charge in [0.1, 0.15) is 11.5 Å². The van der Waals surface area contributed by atoms with Crippen molar-refractivity contribution < 1.29 is 19.1 Å². The first-order valence-electron chi connectivity index (χ1n) is 8.21. The molecule has 2 aromatic rings. The second-order valence-electron chi connectivity index (χ2n) is 5.50. The first kappa shape index (κ1) is 19.8. The van der Waals surface area contributed by atoms with E-state index in [-0.39, 0.29) is 6.61 Å². The molecule has 7 heteroatoms. The third kappa shape index (κ3) is 6.07. The number of para-hydroxylation sites is 1. The number of benzene rings is 2. The molecule has 0 fully saturated rings. The van der Waals surface area contributed by atoms with E-state index in [2.05, 4.69) is 26.8 Å². The number of halogens is 1. The molecular weight excluding hydrogens is 400 g/mol. The van der Waals surface area contributed by atoms with Crippen LogP contribution in [0.25, 0.3) is 0 Å². The van der Waals surface area contributed by atoms with Gasteiger partial charge >= 0.3 is 0 Å². The third-order valence-electron chi connectivity index (χ3n) is 3.53. The summed E-state index contributed by atoms with van der Waals surface area (Å²) in [5, 5.41) is 0. The van der Waals surface area contributed by atoms with E-state index in [0.717, 1.165) is 16.5 Å². The lowest BCUT2D eigenvalue weighted by atomic mass is 10.1. The third-order valence-corrected chi connectivity index (χ3v) is 4.06. The van der Waals surface area contributed by atoms with Crippen molar-refractivity contribution in [1.29, 1.82) is 0 Å². The summed E-state index contributed by atoms with van der Waals surface area (Å²) >= 11 is 3.33. The molecule has 2 amide bonds. The van der Waals surface area contributed by atoms with Gasteiger partial charge in [0.05, 0.1) is 0 Å². The van der Waals surface area contributed by atoms with Gasteiger partial charge in [0.25, 0.3) is 11.8 Å². The van der Waals surface area contributed by atoms with Gasteiger partial charge in [-0.25, -0.2) is 0 Å². The Labute approximate surface area is 161 Å². The quantitative estimate of drug-likeness (QED) is 0.674. The molecule has 1 unspecified atom stereocenters. The summed E-state index contributed by atoms with van der Waals surface area (Å²) in [6.45, 7) is 3.41. The van der Waals surface area contributed by atoms with E-state index in [1.54, 1.807) is 25.1 Å². The van der Waals surface area contributed by atoms with E-state index in [1.807, 2.05) is 37.3 Å². The van der Waals surface area contributed by atoms with Gasteiger partial charge in [-0.05, 0) is 49.2 Å². The Balaban J connectivity index is 1.75. The molecule has 0 saturated carbocycles. The molecule has 1 atom stereocenters. The highest BCUT2D eigenvalue weighted by Gasteiger charge is 2.15. The molecule has 0 saturated heterocycles. The number of amides is 2. The van der Waals surface area contributed by atoms with Gasteiger partial charge in [0, 0.05) is 4.47 Å². The average Bonchev–Trinajstić information content (AvgIpc) is 2.66. The first-order valence-corrected chi connectivity index (χ1v) is 9.00. The summed E-state index contributed by atoms with van der Waals surface area (Å²) in [4.78, 5) is 23.8. The lowest BCUT2D eigenvalue weighted by Crippen LogP contribution is -2.48. The van der Waals surface area contributed by atoms with Crippen molar-refractivity contribution in [2.75, 3.05) is 6.61 Å². The molecule has 2 N–H and O–H groups in total. The Morgan fingerprint density at radius 3 is 2.46 bits per heavy atom. The van der Waals surface area contributed by atoms with Crippen molar-refractivity contribution in [2.45, 2.75) is 26.4 Å². The monoisotopic (exact) mass is 420 g/mol. The van der Waals surface area contributed by atoms with Crippen LogP contribution in [-0.4, -0.2) is 24.5 Å². The van der Waals surface area contributed by atoms with Crippen LogP contribution >= 0.6 is 15.9 Å². The normalized spacial score (nSPS) is 11.3. The second-order valence-corrected chi connectivity index (χ2v) is 6.42. The molecule has 2 aromatic carbocycles. The van der Waals surface area contributed by atoms with Gasteiger partial charge in [0.2, 0.25) is 0 Å². The van der Waals surface area contributed by atoms with Gasteiger partial charge in [-0.3, -0.25) is 20.4 Å². The zero-order valence-electron chi connectivity index (χ0n) is 14.6. The maximum atomic E-state index is 12.0. The van der Waals surface area contributed by atoms with E-state index in [9.17, 15) is 9.59 Å². The van der Waals surface area contributed by atoms with Crippen LogP contribution in [0.2, 0.25) is 0 Å². The summed E-state index contributed by atoms with van der Waals surface area (Å²) in [6.07, 6.45) is 0.0395. The maximum absolute atomic E-state index is 12.0. The van der Waals surface area contributed by atoms with Crippen molar-refractivity contribution in [3.8, 4) is 11.5 Å². The van der Waals surface area contributed by atoms with Gasteiger partial charge in [-0.1, -0.05) is 41.1 Å². The number of carbonyl (C=O) groups excluding carboxylic acids is 2. The molecule has 6 nitrogen and oxygen atoms in total. The number of hydrogen-bond acceptors (Lipinski definition) is 4. The standard InChI is InChI=1S/C19H21BrN2O4/c1-3-14-6-4-5-7-17(14)25-12-18(23)21-22-19(24)13(2)26-16-10-8-15(20)9-11-16/h4-11,13H,3,12H2,1-2H3,(H,21,23)(H,22,24). The first-order chi connectivity index (χ1) is 12.5. The molecule has 0 bridgehead atoms. The molecule has 2 rings (SSSR count). The lowest BCUT2D eigenvalue weighted by molar-refractivity contribution is -0.133. The SMILES string of the molecule is CCc1ccccc1OCC(=O)NNC(=O)C(C)Oc1ccc(Br)cc1. The smallest absolute Gasteiger partial charge is 0.279 e. The highest BCUT2D eigenvalue weighted by atomic mass is 79.9. The topological polar surface area (TPSA) is 76.7 Å².